The van der Waals surface area contributed by atoms with Crippen LogP contribution in [0, 0.1) is 0 Å². The number of hydrogen-bond acceptors (Lipinski definition) is 0. The van der Waals surface area contributed by atoms with Crippen molar-refractivity contribution in [3.05, 3.63) is 35.9 Å². The van der Waals surface area contributed by atoms with E-state index in [1.54, 1.807) is 0 Å². The Morgan fingerprint density at radius 1 is 1.22 bits per heavy atom. The third-order valence-electron chi connectivity index (χ3n) is 1.12. The summed E-state index contributed by atoms with van der Waals surface area (Å²) in [5.41, 5.74) is 1.14. The molecule has 0 aliphatic heterocycles. The van der Waals surface area contributed by atoms with Gasteiger partial charge in [0.15, 0.2) is 0 Å². The lowest BCUT2D eigenvalue weighted by Gasteiger charge is -1.99. The smallest absolute Gasteiger partial charge is 0.0723 e. The minimum Gasteiger partial charge on any atom is -0.114 e. The van der Waals surface area contributed by atoms with E-state index in [1.165, 1.54) is 0 Å². The van der Waals surface area contributed by atoms with Crippen molar-refractivity contribution in [1.29, 1.82) is 0 Å². The Bertz CT molecular complexity index is 172. The SMILES string of the molecule is PC(Cl)c1ccccc1. The fourth-order valence-electron chi connectivity index (χ4n) is 0.637. The highest BCUT2D eigenvalue weighted by atomic mass is 35.5. The van der Waals surface area contributed by atoms with Crippen LogP contribution in [0.2, 0.25) is 0 Å². The molecular formula is C7H8ClP. The molecule has 0 aromatic heterocycles. The number of alkyl halides is 1. The van der Waals surface area contributed by atoms with Gasteiger partial charge in [-0.05, 0) is 5.56 Å². The van der Waals surface area contributed by atoms with Crippen molar-refractivity contribution in [2.45, 2.75) is 5.12 Å². The van der Waals surface area contributed by atoms with Crippen molar-refractivity contribution in [2.24, 2.45) is 0 Å². The quantitative estimate of drug-likeness (QED) is 0.436. The highest BCUT2D eigenvalue weighted by molar-refractivity contribution is 7.20. The van der Waals surface area contributed by atoms with Gasteiger partial charge in [-0.3, -0.25) is 0 Å². The molecule has 0 heterocycles. The summed E-state index contributed by atoms with van der Waals surface area (Å²) in [7, 11) is 2.54. The molecule has 0 aliphatic carbocycles. The molecule has 2 unspecified atom stereocenters. The monoisotopic (exact) mass is 158 g/mol. The van der Waals surface area contributed by atoms with Crippen molar-refractivity contribution >= 4 is 20.8 Å². The first-order valence-corrected chi connectivity index (χ1v) is 3.85. The lowest BCUT2D eigenvalue weighted by atomic mass is 10.2. The van der Waals surface area contributed by atoms with Gasteiger partial charge in [0.1, 0.15) is 0 Å². The molecule has 48 valence electrons. The molecule has 0 saturated heterocycles. The van der Waals surface area contributed by atoms with E-state index < -0.39 is 0 Å². The summed E-state index contributed by atoms with van der Waals surface area (Å²) in [5, 5.41) is 0.0474. The third kappa shape index (κ3) is 1.97. The van der Waals surface area contributed by atoms with Gasteiger partial charge in [-0.2, -0.15) is 0 Å². The molecule has 2 atom stereocenters. The van der Waals surface area contributed by atoms with Crippen LogP contribution in [0.5, 0.6) is 0 Å². The van der Waals surface area contributed by atoms with Crippen LogP contribution in [0.1, 0.15) is 10.7 Å². The van der Waals surface area contributed by atoms with E-state index in [4.69, 9.17) is 11.6 Å². The zero-order valence-corrected chi connectivity index (χ0v) is 6.83. The molecule has 0 spiro atoms. The van der Waals surface area contributed by atoms with Crippen LogP contribution in [0.15, 0.2) is 30.3 Å². The second-order valence-corrected chi connectivity index (χ2v) is 3.37. The zero-order chi connectivity index (χ0) is 6.69. The average Bonchev–Trinajstić information content (AvgIpc) is 1.90. The summed E-state index contributed by atoms with van der Waals surface area (Å²) >= 11 is 5.77. The minimum atomic E-state index is 0.0474. The van der Waals surface area contributed by atoms with E-state index in [-0.39, 0.29) is 5.12 Å². The van der Waals surface area contributed by atoms with E-state index in [2.05, 4.69) is 9.24 Å². The summed E-state index contributed by atoms with van der Waals surface area (Å²) in [4.78, 5) is 0. The Balaban J connectivity index is 2.85. The summed E-state index contributed by atoms with van der Waals surface area (Å²) in [5.74, 6) is 0. The highest BCUT2D eigenvalue weighted by Crippen LogP contribution is 2.25. The van der Waals surface area contributed by atoms with Gasteiger partial charge in [0.25, 0.3) is 0 Å². The Kier molecular flexibility index (Phi) is 2.50. The second kappa shape index (κ2) is 3.20. The van der Waals surface area contributed by atoms with Gasteiger partial charge in [0, 0.05) is 0 Å². The molecule has 2 heteroatoms. The van der Waals surface area contributed by atoms with E-state index in [1.807, 2.05) is 30.3 Å². The van der Waals surface area contributed by atoms with E-state index in [0.717, 1.165) is 5.56 Å². The zero-order valence-electron chi connectivity index (χ0n) is 4.92. The van der Waals surface area contributed by atoms with E-state index in [0.29, 0.717) is 0 Å². The summed E-state index contributed by atoms with van der Waals surface area (Å²) in [6.07, 6.45) is 0. The van der Waals surface area contributed by atoms with Crippen molar-refractivity contribution in [1.82, 2.24) is 0 Å². The summed E-state index contributed by atoms with van der Waals surface area (Å²) < 4.78 is 0. The van der Waals surface area contributed by atoms with Crippen molar-refractivity contribution < 1.29 is 0 Å². The van der Waals surface area contributed by atoms with Gasteiger partial charge in [-0.15, -0.1) is 20.8 Å². The van der Waals surface area contributed by atoms with Gasteiger partial charge < -0.3 is 0 Å². The second-order valence-electron chi connectivity index (χ2n) is 1.81. The molecule has 1 aromatic rings. The van der Waals surface area contributed by atoms with Crippen LogP contribution in [-0.4, -0.2) is 0 Å². The summed E-state index contributed by atoms with van der Waals surface area (Å²) in [6, 6.07) is 9.95. The maximum absolute atomic E-state index is 5.77. The van der Waals surface area contributed by atoms with Crippen LogP contribution < -0.4 is 0 Å². The maximum Gasteiger partial charge on any atom is 0.0723 e. The lowest BCUT2D eigenvalue weighted by Crippen LogP contribution is -1.76. The van der Waals surface area contributed by atoms with Crippen molar-refractivity contribution in [3.8, 4) is 0 Å². The molecule has 0 fully saturated rings. The van der Waals surface area contributed by atoms with Crippen LogP contribution in [-0.2, 0) is 0 Å². The number of hydrogen-bond donors (Lipinski definition) is 0. The number of benzene rings is 1. The minimum absolute atomic E-state index is 0.0474. The van der Waals surface area contributed by atoms with Crippen LogP contribution in [0.4, 0.5) is 0 Å². The Morgan fingerprint density at radius 2 is 1.78 bits per heavy atom. The van der Waals surface area contributed by atoms with Crippen molar-refractivity contribution in [3.63, 3.8) is 0 Å². The van der Waals surface area contributed by atoms with E-state index in [9.17, 15) is 0 Å². The van der Waals surface area contributed by atoms with Gasteiger partial charge in [0.2, 0.25) is 0 Å². The fraction of sp³-hybridized carbons (Fsp3) is 0.143. The van der Waals surface area contributed by atoms with Gasteiger partial charge in [-0.1, -0.05) is 30.3 Å². The van der Waals surface area contributed by atoms with Gasteiger partial charge in [0.05, 0.1) is 5.12 Å². The highest BCUT2D eigenvalue weighted by Gasteiger charge is 1.96. The fourth-order valence-corrected chi connectivity index (χ4v) is 1.00. The number of rotatable bonds is 1. The largest absolute Gasteiger partial charge is 0.114 e. The van der Waals surface area contributed by atoms with E-state index >= 15 is 0 Å². The molecule has 0 aliphatic rings. The first-order chi connectivity index (χ1) is 4.30. The topological polar surface area (TPSA) is 0 Å². The molecule has 0 N–H and O–H groups in total. The average molecular weight is 159 g/mol. The van der Waals surface area contributed by atoms with Crippen LogP contribution in [0.3, 0.4) is 0 Å². The molecule has 0 saturated carbocycles. The van der Waals surface area contributed by atoms with Gasteiger partial charge in [-0.25, -0.2) is 0 Å². The maximum atomic E-state index is 5.77. The van der Waals surface area contributed by atoms with Crippen LogP contribution in [0.25, 0.3) is 0 Å². The lowest BCUT2D eigenvalue weighted by molar-refractivity contribution is 1.37. The molecule has 9 heavy (non-hydrogen) atoms. The Labute approximate surface area is 62.4 Å². The molecule has 0 nitrogen and oxygen atoms in total. The Hall–Kier alpha value is -0.0600. The Morgan fingerprint density at radius 3 is 2.11 bits per heavy atom. The predicted molar refractivity (Wildman–Crippen MR) is 44.7 cm³/mol. The molecule has 0 radical (unpaired) electrons. The van der Waals surface area contributed by atoms with Gasteiger partial charge >= 0.3 is 0 Å². The molecular weight excluding hydrogens is 151 g/mol. The summed E-state index contributed by atoms with van der Waals surface area (Å²) in [6.45, 7) is 0. The first-order valence-electron chi connectivity index (χ1n) is 2.75. The molecule has 0 amide bonds. The van der Waals surface area contributed by atoms with Crippen LogP contribution >= 0.6 is 20.8 Å². The molecule has 1 rings (SSSR count). The third-order valence-corrected chi connectivity index (χ3v) is 1.75. The first kappa shape index (κ1) is 7.05. The molecule has 1 aromatic carbocycles. The standard InChI is InChI=1S/C7H8ClP/c8-7(9)6-4-2-1-3-5-6/h1-5,7H,9H2. The van der Waals surface area contributed by atoms with Crippen molar-refractivity contribution in [2.75, 3.05) is 0 Å². The predicted octanol–water partition coefficient (Wildman–Crippen LogP) is 2.80. The molecule has 0 bridgehead atoms. The normalized spacial score (nSPS) is 13.1. The number of halogens is 1.